The van der Waals surface area contributed by atoms with Crippen LogP contribution in [0.5, 0.6) is 0 Å². The number of rotatable bonds is 2. The molecule has 0 atom stereocenters. The monoisotopic (exact) mass is 292 g/mol. The molecular formula is C13H19F3N2S. The van der Waals surface area contributed by atoms with E-state index in [-0.39, 0.29) is 0 Å². The molecule has 0 unspecified atom stereocenters. The molecule has 1 aromatic rings. The molecule has 0 aliphatic carbocycles. The van der Waals surface area contributed by atoms with Crippen molar-refractivity contribution in [3.05, 3.63) is 29.6 Å². The Morgan fingerprint density at radius 2 is 1.84 bits per heavy atom. The zero-order valence-electron chi connectivity index (χ0n) is 11.7. The lowest BCUT2D eigenvalue weighted by molar-refractivity contribution is -0.141. The first-order valence-corrected chi connectivity index (χ1v) is 6.98. The molecule has 1 heterocycles. The molecular weight excluding hydrogens is 273 g/mol. The molecule has 0 saturated heterocycles. The molecule has 0 amide bonds. The summed E-state index contributed by atoms with van der Waals surface area (Å²) in [5.74, 6) is 0.833. The highest BCUT2D eigenvalue weighted by molar-refractivity contribution is 7.97. The van der Waals surface area contributed by atoms with Gasteiger partial charge in [-0.2, -0.15) is 13.2 Å². The topological polar surface area (TPSA) is 25.2 Å². The highest BCUT2D eigenvalue weighted by Crippen LogP contribution is 2.27. The van der Waals surface area contributed by atoms with E-state index in [9.17, 15) is 13.2 Å². The predicted octanol–water partition coefficient (Wildman–Crippen LogP) is 4.85. The van der Waals surface area contributed by atoms with Crippen LogP contribution in [-0.4, -0.2) is 17.0 Å². The van der Waals surface area contributed by atoms with Gasteiger partial charge in [-0.1, -0.05) is 20.8 Å². The Kier molecular flexibility index (Phi) is 7.75. The van der Waals surface area contributed by atoms with Crippen LogP contribution >= 0.6 is 11.9 Å². The molecule has 0 bridgehead atoms. The van der Waals surface area contributed by atoms with Crippen molar-refractivity contribution in [3.63, 3.8) is 0 Å². The maximum atomic E-state index is 12.3. The molecule has 0 aliphatic rings. The molecule has 1 aromatic heterocycles. The highest BCUT2D eigenvalue weighted by atomic mass is 32.2. The second kappa shape index (κ2) is 8.19. The van der Waals surface area contributed by atoms with E-state index in [1.165, 1.54) is 18.0 Å². The summed E-state index contributed by atoms with van der Waals surface area (Å²) in [6.07, 6.45) is -1.53. The van der Waals surface area contributed by atoms with Crippen molar-refractivity contribution in [2.24, 2.45) is 10.3 Å². The lowest BCUT2D eigenvalue weighted by Crippen LogP contribution is -2.09. The summed E-state index contributed by atoms with van der Waals surface area (Å²) in [5, 5.41) is 0. The van der Waals surface area contributed by atoms with Gasteiger partial charge in [-0.15, -0.1) is 0 Å². The number of hydrogen-bond donors (Lipinski definition) is 0. The normalized spacial score (nSPS) is 12.2. The molecule has 0 N–H and O–H groups in total. The van der Waals surface area contributed by atoms with Gasteiger partial charge in [0.25, 0.3) is 0 Å². The summed E-state index contributed by atoms with van der Waals surface area (Å²) < 4.78 is 40.9. The standard InChI is InChI=1S/C9H9F3N2S.C4H10/c1-6(14-15-2)7-3-4-13-8(5-7)9(10,11)12;1-4(2)3/h3-5H,1-2H3;4H,1-3H3/b14-6+;. The molecule has 0 aromatic carbocycles. The first-order valence-electron chi connectivity index (χ1n) is 5.79. The second-order valence-electron chi connectivity index (χ2n) is 4.52. The fourth-order valence-corrected chi connectivity index (χ4v) is 1.38. The van der Waals surface area contributed by atoms with Crippen molar-refractivity contribution in [2.45, 2.75) is 33.9 Å². The Bertz CT molecular complexity index is 412. The Morgan fingerprint density at radius 3 is 2.26 bits per heavy atom. The molecule has 0 radical (unpaired) electrons. The molecule has 0 spiro atoms. The van der Waals surface area contributed by atoms with E-state index in [1.54, 1.807) is 13.2 Å². The maximum Gasteiger partial charge on any atom is 0.433 e. The Morgan fingerprint density at radius 1 is 1.32 bits per heavy atom. The van der Waals surface area contributed by atoms with Gasteiger partial charge in [0.2, 0.25) is 0 Å². The fourth-order valence-electron chi connectivity index (χ4n) is 1.00. The van der Waals surface area contributed by atoms with Gasteiger partial charge < -0.3 is 0 Å². The van der Waals surface area contributed by atoms with Crippen LogP contribution in [0.1, 0.15) is 39.0 Å². The van der Waals surface area contributed by atoms with Gasteiger partial charge in [-0.3, -0.25) is 4.98 Å². The number of nitrogens with zero attached hydrogens (tertiary/aromatic N) is 2. The molecule has 1 rings (SSSR count). The first-order chi connectivity index (χ1) is 8.68. The fraction of sp³-hybridized carbons (Fsp3) is 0.538. The van der Waals surface area contributed by atoms with Crippen LogP contribution in [0.2, 0.25) is 0 Å². The minimum atomic E-state index is -4.41. The van der Waals surface area contributed by atoms with Crippen molar-refractivity contribution >= 4 is 17.7 Å². The number of aromatic nitrogens is 1. The lowest BCUT2D eigenvalue weighted by atomic mass is 10.1. The molecule has 2 nitrogen and oxygen atoms in total. The summed E-state index contributed by atoms with van der Waals surface area (Å²) in [4.78, 5) is 3.27. The van der Waals surface area contributed by atoms with Crippen LogP contribution < -0.4 is 0 Å². The van der Waals surface area contributed by atoms with Crippen LogP contribution in [0.25, 0.3) is 0 Å². The van der Waals surface area contributed by atoms with E-state index in [0.29, 0.717) is 11.3 Å². The molecule has 0 fully saturated rings. The van der Waals surface area contributed by atoms with Crippen molar-refractivity contribution in [1.29, 1.82) is 0 Å². The van der Waals surface area contributed by atoms with Gasteiger partial charge in [0.1, 0.15) is 5.69 Å². The third-order valence-electron chi connectivity index (χ3n) is 1.70. The van der Waals surface area contributed by atoms with Crippen molar-refractivity contribution in [3.8, 4) is 0 Å². The second-order valence-corrected chi connectivity index (χ2v) is 5.07. The van der Waals surface area contributed by atoms with Gasteiger partial charge in [-0.25, -0.2) is 4.40 Å². The Labute approximate surface area is 116 Å². The quantitative estimate of drug-likeness (QED) is 0.575. The van der Waals surface area contributed by atoms with E-state index < -0.39 is 11.9 Å². The first kappa shape index (κ1) is 18.0. The molecule has 108 valence electrons. The van der Waals surface area contributed by atoms with E-state index in [1.807, 2.05) is 0 Å². The summed E-state index contributed by atoms with van der Waals surface area (Å²) >= 11 is 1.20. The lowest BCUT2D eigenvalue weighted by Gasteiger charge is -2.06. The SMILES string of the molecule is CC(C)C.CS/N=C(\C)c1ccnc(C(F)(F)F)c1. The van der Waals surface area contributed by atoms with Gasteiger partial charge >= 0.3 is 6.18 Å². The summed E-state index contributed by atoms with van der Waals surface area (Å²) in [5.41, 5.74) is 0.0951. The van der Waals surface area contributed by atoms with Crippen LogP contribution in [0.3, 0.4) is 0 Å². The smallest absolute Gasteiger partial charge is 0.252 e. The van der Waals surface area contributed by atoms with Gasteiger partial charge in [0.15, 0.2) is 0 Å². The average Bonchev–Trinajstić information content (AvgIpc) is 2.27. The minimum absolute atomic E-state index is 0.437. The number of pyridine rings is 1. The van der Waals surface area contributed by atoms with E-state index >= 15 is 0 Å². The summed E-state index contributed by atoms with van der Waals surface area (Å²) in [6, 6.07) is 2.50. The molecule has 0 aliphatic heterocycles. The van der Waals surface area contributed by atoms with E-state index in [0.717, 1.165) is 18.2 Å². The maximum absolute atomic E-state index is 12.3. The number of hydrogen-bond acceptors (Lipinski definition) is 3. The molecule has 19 heavy (non-hydrogen) atoms. The predicted molar refractivity (Wildman–Crippen MR) is 75.5 cm³/mol. The van der Waals surface area contributed by atoms with Gasteiger partial charge in [0, 0.05) is 12.5 Å². The largest absolute Gasteiger partial charge is 0.433 e. The van der Waals surface area contributed by atoms with Crippen molar-refractivity contribution in [1.82, 2.24) is 4.98 Å². The van der Waals surface area contributed by atoms with Crippen LogP contribution in [0, 0.1) is 5.92 Å². The Hall–Kier alpha value is -1.04. The molecule has 0 saturated carbocycles. The Balaban J connectivity index is 0.000000711. The van der Waals surface area contributed by atoms with Crippen LogP contribution in [-0.2, 0) is 6.18 Å². The molecule has 6 heteroatoms. The highest BCUT2D eigenvalue weighted by Gasteiger charge is 2.32. The summed E-state index contributed by atoms with van der Waals surface area (Å²) in [6.45, 7) is 8.16. The average molecular weight is 292 g/mol. The van der Waals surface area contributed by atoms with Gasteiger partial charge in [0.05, 0.1) is 5.71 Å². The zero-order valence-corrected chi connectivity index (χ0v) is 12.6. The van der Waals surface area contributed by atoms with Crippen molar-refractivity contribution in [2.75, 3.05) is 6.26 Å². The van der Waals surface area contributed by atoms with E-state index in [2.05, 4.69) is 30.2 Å². The van der Waals surface area contributed by atoms with Crippen molar-refractivity contribution < 1.29 is 13.2 Å². The summed E-state index contributed by atoms with van der Waals surface area (Å²) in [7, 11) is 0. The number of halogens is 3. The number of alkyl halides is 3. The minimum Gasteiger partial charge on any atom is -0.252 e. The van der Waals surface area contributed by atoms with Crippen LogP contribution in [0.4, 0.5) is 13.2 Å². The van der Waals surface area contributed by atoms with E-state index in [4.69, 9.17) is 0 Å². The van der Waals surface area contributed by atoms with Crippen LogP contribution in [0.15, 0.2) is 22.7 Å². The third kappa shape index (κ3) is 7.87. The third-order valence-corrected chi connectivity index (χ3v) is 2.15. The zero-order chi connectivity index (χ0) is 15.1. The van der Waals surface area contributed by atoms with Gasteiger partial charge in [-0.05, 0) is 42.5 Å².